The molecule has 0 bridgehead atoms. The topological polar surface area (TPSA) is 6.48 Å². The Hall–Kier alpha value is -6.42. The zero-order chi connectivity index (χ0) is 38.5. The molecule has 0 saturated heterocycles. The zero-order valence-corrected chi connectivity index (χ0v) is 33.4. The summed E-state index contributed by atoms with van der Waals surface area (Å²) in [6.45, 7) is 9.55. The molecule has 3 heteroatoms. The van der Waals surface area contributed by atoms with Crippen LogP contribution in [-0.2, 0) is 10.8 Å². The number of benzene rings is 8. The van der Waals surface area contributed by atoms with E-state index in [2.05, 4.69) is 219 Å². The number of hydrogen-bond donors (Lipinski definition) is 0. The van der Waals surface area contributed by atoms with E-state index in [1.807, 2.05) is 11.3 Å². The van der Waals surface area contributed by atoms with Crippen molar-refractivity contribution in [1.29, 1.82) is 0 Å². The summed E-state index contributed by atoms with van der Waals surface area (Å²) in [4.78, 5) is 4.98. The molecule has 0 radical (unpaired) electrons. The van der Waals surface area contributed by atoms with Crippen LogP contribution >= 0.6 is 11.3 Å². The van der Waals surface area contributed by atoms with Gasteiger partial charge in [0.1, 0.15) is 0 Å². The van der Waals surface area contributed by atoms with Gasteiger partial charge in [-0.15, -0.1) is 11.3 Å². The molecule has 2 aliphatic rings. The smallest absolute Gasteiger partial charge is 0.0681 e. The van der Waals surface area contributed by atoms with Crippen molar-refractivity contribution < 1.29 is 0 Å². The quantitative estimate of drug-likeness (QED) is 0.173. The lowest BCUT2D eigenvalue weighted by Gasteiger charge is -2.43. The summed E-state index contributed by atoms with van der Waals surface area (Å²) in [7, 11) is 0. The Morgan fingerprint density at radius 1 is 0.439 bits per heavy atom. The fourth-order valence-corrected chi connectivity index (χ4v) is 10.9. The Labute approximate surface area is 338 Å². The van der Waals surface area contributed by atoms with Crippen LogP contribution in [0.15, 0.2) is 182 Å². The molecule has 0 spiro atoms. The summed E-state index contributed by atoms with van der Waals surface area (Å²) in [6.07, 6.45) is 0. The summed E-state index contributed by atoms with van der Waals surface area (Å²) in [5, 5.41) is 2.64. The first-order valence-electron chi connectivity index (χ1n) is 19.9. The summed E-state index contributed by atoms with van der Waals surface area (Å²) in [6, 6.07) is 67.4. The first-order chi connectivity index (χ1) is 27.8. The van der Waals surface area contributed by atoms with Crippen LogP contribution in [0, 0.1) is 0 Å². The molecule has 1 aromatic heterocycles. The fourth-order valence-electron chi connectivity index (χ4n) is 9.68. The maximum Gasteiger partial charge on any atom is 0.0681 e. The van der Waals surface area contributed by atoms with Crippen LogP contribution in [0.1, 0.15) is 49.9 Å². The van der Waals surface area contributed by atoms with Crippen molar-refractivity contribution >= 4 is 65.6 Å². The molecule has 9 aromatic rings. The Kier molecular flexibility index (Phi) is 7.46. The van der Waals surface area contributed by atoms with Gasteiger partial charge in [-0.05, 0) is 105 Å². The van der Waals surface area contributed by atoms with E-state index in [9.17, 15) is 0 Å². The summed E-state index contributed by atoms with van der Waals surface area (Å²) in [5.41, 5.74) is 17.2. The monoisotopic (exact) mass is 750 g/mol. The second kappa shape index (κ2) is 12.5. The van der Waals surface area contributed by atoms with Crippen LogP contribution in [0.3, 0.4) is 0 Å². The fraction of sp³-hybridized carbons (Fsp3) is 0.111. The highest BCUT2D eigenvalue weighted by Gasteiger charge is 2.40. The number of fused-ring (bicyclic) bond motifs is 9. The summed E-state index contributed by atoms with van der Waals surface area (Å²) >= 11 is 1.91. The highest BCUT2D eigenvalue weighted by molar-refractivity contribution is 7.26. The van der Waals surface area contributed by atoms with E-state index in [0.29, 0.717) is 0 Å². The summed E-state index contributed by atoms with van der Waals surface area (Å²) < 4.78 is 2.66. The van der Waals surface area contributed by atoms with Gasteiger partial charge in [0.15, 0.2) is 0 Å². The Morgan fingerprint density at radius 3 is 1.82 bits per heavy atom. The van der Waals surface area contributed by atoms with Gasteiger partial charge < -0.3 is 9.80 Å². The second-order valence-corrected chi connectivity index (χ2v) is 17.6. The van der Waals surface area contributed by atoms with E-state index in [-0.39, 0.29) is 10.8 Å². The van der Waals surface area contributed by atoms with Crippen molar-refractivity contribution in [2.45, 2.75) is 38.5 Å². The predicted octanol–water partition coefficient (Wildman–Crippen LogP) is 15.6. The van der Waals surface area contributed by atoms with Crippen molar-refractivity contribution in [2.24, 2.45) is 0 Å². The molecule has 274 valence electrons. The van der Waals surface area contributed by atoms with E-state index in [1.165, 1.54) is 81.7 Å². The minimum atomic E-state index is -0.277. The van der Waals surface area contributed by atoms with Crippen molar-refractivity contribution in [3.05, 3.63) is 204 Å². The molecule has 1 aliphatic heterocycles. The van der Waals surface area contributed by atoms with Crippen LogP contribution in [0.5, 0.6) is 0 Å². The van der Waals surface area contributed by atoms with Crippen LogP contribution in [0.25, 0.3) is 42.4 Å². The van der Waals surface area contributed by atoms with E-state index in [0.717, 1.165) is 17.1 Å². The van der Waals surface area contributed by atoms with E-state index in [1.54, 1.807) is 0 Å². The second-order valence-electron chi connectivity index (χ2n) is 16.6. The molecule has 1 aliphatic carbocycles. The highest BCUT2D eigenvalue weighted by atomic mass is 32.1. The van der Waals surface area contributed by atoms with Crippen molar-refractivity contribution in [2.75, 3.05) is 9.80 Å². The molecule has 0 amide bonds. The Balaban J connectivity index is 1.12. The van der Waals surface area contributed by atoms with Gasteiger partial charge in [0.05, 0.1) is 16.1 Å². The predicted molar refractivity (Wildman–Crippen MR) is 244 cm³/mol. The maximum atomic E-state index is 2.52. The van der Waals surface area contributed by atoms with Gasteiger partial charge in [-0.1, -0.05) is 149 Å². The number of rotatable bonds is 5. The number of hydrogen-bond acceptors (Lipinski definition) is 3. The normalized spacial score (nSPS) is 14.6. The third-order valence-electron chi connectivity index (χ3n) is 12.6. The van der Waals surface area contributed by atoms with Crippen LogP contribution in [0.4, 0.5) is 34.1 Å². The molecule has 2 heterocycles. The van der Waals surface area contributed by atoms with Gasteiger partial charge in [0, 0.05) is 49.1 Å². The standard InChI is InChI=1S/C54H42N2S/c1-53(2)45-21-13-11-19-41(45)42-29-27-39(33-47(42)53)55(38-25-23-36(24-26-38)35-15-7-5-8-16-35)40-28-32-49-48(34-40)54(3,4)46-31-30-44-43-20-12-14-22-50(43)57-52(44)51(46)56(49)37-17-9-6-10-18-37/h5-34H,1-4H3. The SMILES string of the molecule is CC1(C)c2ccccc2-c2ccc(N(c3ccc(-c4ccccc4)cc3)c3ccc4c(c3)C(C)(C)c3ccc5c(sc6ccccc65)c3N4c3ccccc3)cc21. The average Bonchev–Trinajstić information content (AvgIpc) is 3.74. The molecule has 0 N–H and O–H groups in total. The van der Waals surface area contributed by atoms with Crippen LogP contribution in [0.2, 0.25) is 0 Å². The lowest BCUT2D eigenvalue weighted by Crippen LogP contribution is -2.31. The largest absolute Gasteiger partial charge is 0.310 e. The number of para-hydroxylation sites is 1. The summed E-state index contributed by atoms with van der Waals surface area (Å²) in [5.74, 6) is 0. The third kappa shape index (κ3) is 5.08. The molecular weight excluding hydrogens is 709 g/mol. The molecule has 8 aromatic carbocycles. The van der Waals surface area contributed by atoms with Gasteiger partial charge in [0.25, 0.3) is 0 Å². The van der Waals surface area contributed by atoms with Crippen molar-refractivity contribution in [3.63, 3.8) is 0 Å². The third-order valence-corrected chi connectivity index (χ3v) is 13.8. The molecule has 0 saturated carbocycles. The van der Waals surface area contributed by atoms with E-state index in [4.69, 9.17) is 0 Å². The van der Waals surface area contributed by atoms with E-state index >= 15 is 0 Å². The number of thiophene rings is 1. The van der Waals surface area contributed by atoms with E-state index < -0.39 is 0 Å². The van der Waals surface area contributed by atoms with Gasteiger partial charge in [-0.25, -0.2) is 0 Å². The Morgan fingerprint density at radius 2 is 1.04 bits per heavy atom. The van der Waals surface area contributed by atoms with Gasteiger partial charge in [-0.2, -0.15) is 0 Å². The number of anilines is 6. The first-order valence-corrected chi connectivity index (χ1v) is 20.8. The van der Waals surface area contributed by atoms with Crippen LogP contribution in [-0.4, -0.2) is 0 Å². The van der Waals surface area contributed by atoms with Gasteiger partial charge >= 0.3 is 0 Å². The maximum absolute atomic E-state index is 2.52. The Bertz CT molecular complexity index is 3010. The van der Waals surface area contributed by atoms with Gasteiger partial charge in [0.2, 0.25) is 0 Å². The van der Waals surface area contributed by atoms with Crippen molar-refractivity contribution in [3.8, 4) is 22.3 Å². The average molecular weight is 751 g/mol. The van der Waals surface area contributed by atoms with Crippen LogP contribution < -0.4 is 9.80 Å². The molecule has 0 unspecified atom stereocenters. The zero-order valence-electron chi connectivity index (χ0n) is 32.6. The molecule has 11 rings (SSSR count). The molecular formula is C54H42N2S. The molecule has 57 heavy (non-hydrogen) atoms. The molecule has 0 fully saturated rings. The first kappa shape index (κ1) is 33.9. The highest BCUT2D eigenvalue weighted by Crippen LogP contribution is 2.57. The molecule has 0 atom stereocenters. The lowest BCUT2D eigenvalue weighted by molar-refractivity contribution is 0.633. The van der Waals surface area contributed by atoms with Gasteiger partial charge in [-0.3, -0.25) is 0 Å². The molecule has 2 nitrogen and oxygen atoms in total. The lowest BCUT2D eigenvalue weighted by atomic mass is 9.73. The minimum absolute atomic E-state index is 0.111. The minimum Gasteiger partial charge on any atom is -0.310 e. The van der Waals surface area contributed by atoms with Crippen molar-refractivity contribution in [1.82, 2.24) is 0 Å². The number of nitrogens with zero attached hydrogens (tertiary/aromatic N) is 2.